The van der Waals surface area contributed by atoms with Gasteiger partial charge in [-0.25, -0.2) is 0 Å². The molecule has 3 heterocycles. The molecule has 6 heteroatoms. The zero-order valence-corrected chi connectivity index (χ0v) is 12.0. The maximum atomic E-state index is 5.92. The Morgan fingerprint density at radius 1 is 0.947 bits per heavy atom. The van der Waals surface area contributed by atoms with Gasteiger partial charge in [-0.05, 0) is 27.7 Å². The van der Waals surface area contributed by atoms with Gasteiger partial charge in [-0.2, -0.15) is 0 Å². The minimum atomic E-state index is -0.636. The molecule has 3 rings (SSSR count). The van der Waals surface area contributed by atoms with E-state index in [0.29, 0.717) is 6.61 Å². The number of fused-ring (bicyclic) bond motifs is 1. The van der Waals surface area contributed by atoms with Crippen LogP contribution >= 0.6 is 0 Å². The number of ether oxygens (including phenoxy) is 6. The molecule has 0 radical (unpaired) electrons. The molecule has 0 N–H and O–H groups in total. The van der Waals surface area contributed by atoms with Gasteiger partial charge in [0, 0.05) is 7.11 Å². The summed E-state index contributed by atoms with van der Waals surface area (Å²) < 4.78 is 34.5. The highest BCUT2D eigenvalue weighted by Crippen LogP contribution is 2.41. The SMILES string of the molecule is CO[C@H]1[C@H]([C@H]2COC(C)(C)O2)O[C@H]2OC(C)(C)O[C@@H]21. The molecule has 0 aromatic carbocycles. The molecule has 0 aromatic rings. The third-order valence-electron chi connectivity index (χ3n) is 3.70. The summed E-state index contributed by atoms with van der Waals surface area (Å²) in [7, 11) is 1.65. The van der Waals surface area contributed by atoms with Gasteiger partial charge < -0.3 is 28.4 Å². The van der Waals surface area contributed by atoms with Crippen molar-refractivity contribution in [1.82, 2.24) is 0 Å². The Hall–Kier alpha value is -0.240. The molecule has 0 aliphatic carbocycles. The van der Waals surface area contributed by atoms with Gasteiger partial charge in [0.15, 0.2) is 17.9 Å². The minimum absolute atomic E-state index is 0.166. The molecule has 6 nitrogen and oxygen atoms in total. The maximum Gasteiger partial charge on any atom is 0.190 e. The van der Waals surface area contributed by atoms with Crippen LogP contribution in [0.1, 0.15) is 27.7 Å². The summed E-state index contributed by atoms with van der Waals surface area (Å²) in [6.07, 6.45) is -1.25. The summed E-state index contributed by atoms with van der Waals surface area (Å²) in [5.74, 6) is -1.21. The summed E-state index contributed by atoms with van der Waals surface area (Å²) in [6.45, 7) is 8.01. The Morgan fingerprint density at radius 2 is 1.68 bits per heavy atom. The van der Waals surface area contributed by atoms with Crippen molar-refractivity contribution in [3.8, 4) is 0 Å². The lowest BCUT2D eigenvalue weighted by Crippen LogP contribution is -2.43. The summed E-state index contributed by atoms with van der Waals surface area (Å²) in [5, 5.41) is 0. The highest BCUT2D eigenvalue weighted by molar-refractivity contribution is 4.98. The number of hydrogen-bond acceptors (Lipinski definition) is 6. The van der Waals surface area contributed by atoms with Crippen molar-refractivity contribution in [3.63, 3.8) is 0 Å². The maximum absolute atomic E-state index is 5.92. The van der Waals surface area contributed by atoms with E-state index in [-0.39, 0.29) is 24.4 Å². The summed E-state index contributed by atoms with van der Waals surface area (Å²) in [6, 6.07) is 0. The van der Waals surface area contributed by atoms with E-state index in [1.165, 1.54) is 0 Å². The first-order valence-electron chi connectivity index (χ1n) is 6.67. The van der Waals surface area contributed by atoms with Gasteiger partial charge >= 0.3 is 0 Å². The van der Waals surface area contributed by atoms with E-state index in [9.17, 15) is 0 Å². The normalized spacial score (nSPS) is 47.5. The molecular weight excluding hydrogens is 252 g/mol. The van der Waals surface area contributed by atoms with Crippen LogP contribution in [0.4, 0.5) is 0 Å². The first kappa shape index (κ1) is 13.7. The third-order valence-corrected chi connectivity index (χ3v) is 3.70. The lowest BCUT2D eigenvalue weighted by atomic mass is 10.1. The number of methoxy groups -OCH3 is 1. The van der Waals surface area contributed by atoms with Crippen molar-refractivity contribution >= 4 is 0 Å². The van der Waals surface area contributed by atoms with E-state index in [0.717, 1.165) is 0 Å². The molecule has 0 bridgehead atoms. The van der Waals surface area contributed by atoms with Gasteiger partial charge in [0.2, 0.25) is 0 Å². The average Bonchev–Trinajstić information content (AvgIpc) is 2.87. The lowest BCUT2D eigenvalue weighted by molar-refractivity contribution is -0.234. The van der Waals surface area contributed by atoms with Crippen LogP contribution in [0.15, 0.2) is 0 Å². The van der Waals surface area contributed by atoms with Crippen LogP contribution in [0, 0.1) is 0 Å². The molecule has 0 spiro atoms. The van der Waals surface area contributed by atoms with Gasteiger partial charge in [0.05, 0.1) is 6.61 Å². The molecular formula is C13H22O6. The number of rotatable bonds is 2. The fourth-order valence-electron chi connectivity index (χ4n) is 2.95. The first-order chi connectivity index (χ1) is 8.81. The van der Waals surface area contributed by atoms with Gasteiger partial charge in [-0.1, -0.05) is 0 Å². The van der Waals surface area contributed by atoms with Crippen LogP contribution in [0.5, 0.6) is 0 Å². The second-order valence-corrected chi connectivity index (χ2v) is 6.14. The monoisotopic (exact) mass is 274 g/mol. The van der Waals surface area contributed by atoms with Gasteiger partial charge in [-0.15, -0.1) is 0 Å². The predicted molar refractivity (Wildman–Crippen MR) is 64.4 cm³/mol. The Morgan fingerprint density at radius 3 is 2.26 bits per heavy atom. The molecule has 110 valence electrons. The Balaban J connectivity index is 1.72. The summed E-state index contributed by atoms with van der Waals surface area (Å²) in [5.41, 5.74) is 0. The largest absolute Gasteiger partial charge is 0.376 e. The fourth-order valence-corrected chi connectivity index (χ4v) is 2.95. The lowest BCUT2D eigenvalue weighted by Gasteiger charge is -2.28. The highest BCUT2D eigenvalue weighted by Gasteiger charge is 2.58. The molecule has 0 unspecified atom stereocenters. The van der Waals surface area contributed by atoms with Gasteiger partial charge in [0.25, 0.3) is 0 Å². The molecule has 0 amide bonds. The highest BCUT2D eigenvalue weighted by atomic mass is 16.8. The second kappa shape index (κ2) is 4.38. The third kappa shape index (κ3) is 2.41. The van der Waals surface area contributed by atoms with E-state index < -0.39 is 17.9 Å². The Kier molecular flexibility index (Phi) is 3.16. The van der Waals surface area contributed by atoms with E-state index in [2.05, 4.69) is 0 Å². The van der Waals surface area contributed by atoms with Crippen LogP contribution in [0.2, 0.25) is 0 Å². The van der Waals surface area contributed by atoms with Crippen molar-refractivity contribution < 1.29 is 28.4 Å². The zero-order valence-electron chi connectivity index (χ0n) is 12.0. The van der Waals surface area contributed by atoms with Crippen LogP contribution in [-0.4, -0.2) is 56.0 Å². The van der Waals surface area contributed by atoms with Crippen molar-refractivity contribution in [1.29, 1.82) is 0 Å². The fraction of sp³-hybridized carbons (Fsp3) is 1.00. The molecule has 3 fully saturated rings. The minimum Gasteiger partial charge on any atom is -0.376 e. The molecule has 19 heavy (non-hydrogen) atoms. The quantitative estimate of drug-likeness (QED) is 0.749. The molecule has 3 saturated heterocycles. The topological polar surface area (TPSA) is 55.4 Å². The zero-order chi connectivity index (χ0) is 13.8. The van der Waals surface area contributed by atoms with Crippen molar-refractivity contribution in [3.05, 3.63) is 0 Å². The molecule has 0 aromatic heterocycles. The molecule has 5 atom stereocenters. The standard InChI is InChI=1S/C13H22O6/c1-12(2)15-6-7(17-12)8-9(14-5)10-11(16-8)19-13(3,4)18-10/h7-11H,6H2,1-5H3/t7-,8+,9+,10-,11+/m1/s1. The summed E-state index contributed by atoms with van der Waals surface area (Å²) in [4.78, 5) is 0. The van der Waals surface area contributed by atoms with E-state index in [1.807, 2.05) is 27.7 Å². The van der Waals surface area contributed by atoms with Crippen LogP contribution in [0.3, 0.4) is 0 Å². The van der Waals surface area contributed by atoms with Crippen LogP contribution in [-0.2, 0) is 28.4 Å². The van der Waals surface area contributed by atoms with Crippen molar-refractivity contribution in [2.24, 2.45) is 0 Å². The predicted octanol–water partition coefficient (Wildman–Crippen LogP) is 1.03. The second-order valence-electron chi connectivity index (χ2n) is 6.14. The van der Waals surface area contributed by atoms with Gasteiger partial charge in [0.1, 0.15) is 24.4 Å². The number of hydrogen-bond donors (Lipinski definition) is 0. The van der Waals surface area contributed by atoms with Crippen LogP contribution in [0.25, 0.3) is 0 Å². The Labute approximate surface area is 113 Å². The van der Waals surface area contributed by atoms with E-state index >= 15 is 0 Å². The van der Waals surface area contributed by atoms with Crippen molar-refractivity contribution in [2.75, 3.05) is 13.7 Å². The molecule has 3 aliphatic rings. The van der Waals surface area contributed by atoms with Crippen molar-refractivity contribution in [2.45, 2.75) is 70.0 Å². The first-order valence-corrected chi connectivity index (χ1v) is 6.67. The van der Waals surface area contributed by atoms with E-state index in [1.54, 1.807) is 7.11 Å². The summed E-state index contributed by atoms with van der Waals surface area (Å²) >= 11 is 0. The molecule has 0 saturated carbocycles. The van der Waals surface area contributed by atoms with Crippen LogP contribution < -0.4 is 0 Å². The Bertz CT molecular complexity index is 355. The smallest absolute Gasteiger partial charge is 0.190 e. The van der Waals surface area contributed by atoms with E-state index in [4.69, 9.17) is 28.4 Å². The van der Waals surface area contributed by atoms with Gasteiger partial charge in [-0.3, -0.25) is 0 Å². The average molecular weight is 274 g/mol. The molecule has 3 aliphatic heterocycles.